The number of rotatable bonds is 2. The molecule has 1 aromatic carbocycles. The van der Waals surface area contributed by atoms with Crippen LogP contribution in [0.15, 0.2) is 23.1 Å². The molecule has 9 heteroatoms. The quantitative estimate of drug-likeness (QED) is 0.562. The number of hydrogen-bond donors (Lipinski definition) is 4. The minimum absolute atomic E-state index is 0.110. The van der Waals surface area contributed by atoms with Crippen LogP contribution in [0.1, 0.15) is 21.6 Å². The highest BCUT2D eigenvalue weighted by Crippen LogP contribution is 2.23. The van der Waals surface area contributed by atoms with Gasteiger partial charge >= 0.3 is 0 Å². The molecule has 1 aliphatic heterocycles. The first-order valence-electron chi connectivity index (χ1n) is 6.88. The van der Waals surface area contributed by atoms with E-state index < -0.39 is 5.91 Å². The van der Waals surface area contributed by atoms with E-state index in [1.54, 1.807) is 18.3 Å². The van der Waals surface area contributed by atoms with Crippen molar-refractivity contribution in [1.82, 2.24) is 25.5 Å². The Morgan fingerprint density at radius 3 is 3.04 bits per heavy atom. The Morgan fingerprint density at radius 1 is 1.30 bits per heavy atom. The van der Waals surface area contributed by atoms with E-state index in [0.717, 1.165) is 0 Å². The Balaban J connectivity index is 1.71. The van der Waals surface area contributed by atoms with Gasteiger partial charge in [-0.3, -0.25) is 25.0 Å². The summed E-state index contributed by atoms with van der Waals surface area (Å²) >= 11 is 6.02. The molecule has 3 heterocycles. The number of H-pyrrole nitrogens is 2. The van der Waals surface area contributed by atoms with Gasteiger partial charge in [0.05, 0.1) is 28.5 Å². The zero-order chi connectivity index (χ0) is 16.0. The molecule has 8 nitrogen and oxygen atoms in total. The van der Waals surface area contributed by atoms with Gasteiger partial charge in [0.25, 0.3) is 11.5 Å². The number of hydrogen-bond acceptors (Lipinski definition) is 5. The van der Waals surface area contributed by atoms with Crippen LogP contribution in [-0.2, 0) is 13.1 Å². The van der Waals surface area contributed by atoms with Gasteiger partial charge in [-0.2, -0.15) is 5.10 Å². The summed E-state index contributed by atoms with van der Waals surface area (Å²) in [6, 6.07) is 3.23. The minimum Gasteiger partial charge on any atom is -0.307 e. The topological polar surface area (TPSA) is 116 Å². The maximum absolute atomic E-state index is 12.5. The Hall–Kier alpha value is -2.71. The standard InChI is InChI=1S/C14H11ClN6O2/c15-6-1-7(8-4-17-21-10(8)2-6)12(22)19-14-18-11-5-16-3-9(11)13(23)20-14/h1-2,4,16H,3,5H2,(H,17,21)(H2,18,19,20,22,23). The average Bonchev–Trinajstić information content (AvgIpc) is 3.14. The predicted molar refractivity (Wildman–Crippen MR) is 84.5 cm³/mol. The molecule has 0 atom stereocenters. The summed E-state index contributed by atoms with van der Waals surface area (Å²) in [4.78, 5) is 31.3. The third kappa shape index (κ3) is 2.37. The lowest BCUT2D eigenvalue weighted by atomic mass is 10.1. The van der Waals surface area contributed by atoms with Crippen molar-refractivity contribution in [3.05, 3.63) is 50.5 Å². The SMILES string of the molecule is O=C(Nc1nc2c(c(=O)[nH]1)CNC2)c1cc(Cl)cc2[nH]ncc12. The van der Waals surface area contributed by atoms with E-state index in [2.05, 4.69) is 30.8 Å². The molecular formula is C14H11ClN6O2. The monoisotopic (exact) mass is 330 g/mol. The molecule has 1 amide bonds. The van der Waals surface area contributed by atoms with Gasteiger partial charge in [0.2, 0.25) is 5.95 Å². The van der Waals surface area contributed by atoms with E-state index in [4.69, 9.17) is 11.6 Å². The average molecular weight is 331 g/mol. The molecule has 0 unspecified atom stereocenters. The van der Waals surface area contributed by atoms with Crippen LogP contribution in [0.2, 0.25) is 5.02 Å². The fraction of sp³-hybridized carbons (Fsp3) is 0.143. The van der Waals surface area contributed by atoms with Gasteiger partial charge in [0.15, 0.2) is 0 Å². The van der Waals surface area contributed by atoms with Crippen LogP contribution in [0.3, 0.4) is 0 Å². The number of halogens is 1. The Morgan fingerprint density at radius 2 is 2.17 bits per heavy atom. The van der Waals surface area contributed by atoms with E-state index in [9.17, 15) is 9.59 Å². The van der Waals surface area contributed by atoms with Crippen LogP contribution in [-0.4, -0.2) is 26.1 Å². The van der Waals surface area contributed by atoms with Gasteiger partial charge < -0.3 is 5.32 Å². The summed E-state index contributed by atoms with van der Waals surface area (Å²) in [6.07, 6.45) is 1.54. The molecule has 23 heavy (non-hydrogen) atoms. The second kappa shape index (κ2) is 5.18. The molecule has 0 saturated heterocycles. The lowest BCUT2D eigenvalue weighted by Crippen LogP contribution is -2.21. The summed E-state index contributed by atoms with van der Waals surface area (Å²) < 4.78 is 0. The molecule has 0 saturated carbocycles. The first-order valence-corrected chi connectivity index (χ1v) is 7.26. The molecule has 0 fully saturated rings. The first-order chi connectivity index (χ1) is 11.1. The van der Waals surface area contributed by atoms with E-state index in [0.29, 0.717) is 45.8 Å². The van der Waals surface area contributed by atoms with Crippen LogP contribution < -0.4 is 16.2 Å². The van der Waals surface area contributed by atoms with Gasteiger partial charge in [-0.15, -0.1) is 0 Å². The summed E-state index contributed by atoms with van der Waals surface area (Å²) in [6.45, 7) is 0.987. The van der Waals surface area contributed by atoms with Crippen LogP contribution in [0.4, 0.5) is 5.95 Å². The summed E-state index contributed by atoms with van der Waals surface area (Å²) in [5.41, 5.74) is 1.99. The van der Waals surface area contributed by atoms with E-state index in [1.807, 2.05) is 0 Å². The van der Waals surface area contributed by atoms with Gasteiger partial charge in [0.1, 0.15) is 0 Å². The van der Waals surface area contributed by atoms with E-state index in [-0.39, 0.29) is 11.5 Å². The van der Waals surface area contributed by atoms with Crippen molar-refractivity contribution in [3.63, 3.8) is 0 Å². The second-order valence-electron chi connectivity index (χ2n) is 5.18. The number of anilines is 1. The summed E-state index contributed by atoms with van der Waals surface area (Å²) in [5.74, 6) is -0.313. The van der Waals surface area contributed by atoms with Crippen molar-refractivity contribution >= 4 is 34.4 Å². The second-order valence-corrected chi connectivity index (χ2v) is 5.62. The fourth-order valence-electron chi connectivity index (χ4n) is 2.62. The van der Waals surface area contributed by atoms with Crippen LogP contribution in [0, 0.1) is 0 Å². The largest absolute Gasteiger partial charge is 0.307 e. The van der Waals surface area contributed by atoms with Gasteiger partial charge in [-0.05, 0) is 12.1 Å². The third-order valence-electron chi connectivity index (χ3n) is 3.70. The maximum Gasteiger partial charge on any atom is 0.258 e. The summed E-state index contributed by atoms with van der Waals surface area (Å²) in [7, 11) is 0. The van der Waals surface area contributed by atoms with Crippen molar-refractivity contribution in [2.24, 2.45) is 0 Å². The molecule has 0 spiro atoms. The molecule has 3 aromatic rings. The molecule has 0 radical (unpaired) electrons. The number of nitrogens with one attached hydrogen (secondary N) is 4. The first kappa shape index (κ1) is 13.9. The number of fused-ring (bicyclic) bond motifs is 2. The van der Waals surface area contributed by atoms with Crippen molar-refractivity contribution < 1.29 is 4.79 Å². The molecule has 4 rings (SSSR count). The number of carbonyl (C=O) groups excluding carboxylic acids is 1. The maximum atomic E-state index is 12.5. The Labute approximate surface area is 134 Å². The lowest BCUT2D eigenvalue weighted by Gasteiger charge is -2.07. The number of carbonyl (C=O) groups is 1. The molecular weight excluding hydrogens is 320 g/mol. The van der Waals surface area contributed by atoms with Crippen molar-refractivity contribution in [2.75, 3.05) is 5.32 Å². The third-order valence-corrected chi connectivity index (χ3v) is 3.91. The van der Waals surface area contributed by atoms with E-state index in [1.165, 1.54) is 0 Å². The van der Waals surface area contributed by atoms with Crippen LogP contribution >= 0.6 is 11.6 Å². The number of amides is 1. The number of benzene rings is 1. The molecule has 116 valence electrons. The van der Waals surface area contributed by atoms with Gasteiger partial charge in [-0.25, -0.2) is 4.98 Å². The number of nitrogens with zero attached hydrogens (tertiary/aromatic N) is 2. The highest BCUT2D eigenvalue weighted by molar-refractivity contribution is 6.32. The molecule has 0 bridgehead atoms. The Kier molecular flexibility index (Phi) is 3.14. The number of aromatic amines is 2. The van der Waals surface area contributed by atoms with Crippen LogP contribution in [0.25, 0.3) is 10.9 Å². The smallest absolute Gasteiger partial charge is 0.258 e. The van der Waals surface area contributed by atoms with Crippen molar-refractivity contribution in [1.29, 1.82) is 0 Å². The molecule has 0 aliphatic carbocycles. The molecule has 1 aliphatic rings. The van der Waals surface area contributed by atoms with Crippen molar-refractivity contribution in [3.8, 4) is 0 Å². The Bertz CT molecular complexity index is 993. The molecule has 2 aromatic heterocycles. The fourth-order valence-corrected chi connectivity index (χ4v) is 2.83. The minimum atomic E-state index is -0.423. The van der Waals surface area contributed by atoms with Crippen molar-refractivity contribution in [2.45, 2.75) is 13.1 Å². The lowest BCUT2D eigenvalue weighted by molar-refractivity contribution is 0.102. The summed E-state index contributed by atoms with van der Waals surface area (Å²) in [5, 5.41) is 13.4. The van der Waals surface area contributed by atoms with Gasteiger partial charge in [-0.1, -0.05) is 11.6 Å². The predicted octanol–water partition coefficient (Wildman–Crippen LogP) is 1.16. The zero-order valence-corrected chi connectivity index (χ0v) is 12.5. The number of aromatic nitrogens is 4. The zero-order valence-electron chi connectivity index (χ0n) is 11.7. The highest BCUT2D eigenvalue weighted by atomic mass is 35.5. The van der Waals surface area contributed by atoms with Crippen LogP contribution in [0.5, 0.6) is 0 Å². The van der Waals surface area contributed by atoms with E-state index >= 15 is 0 Å². The normalized spacial score (nSPS) is 13.3. The van der Waals surface area contributed by atoms with Gasteiger partial charge in [0, 0.05) is 23.5 Å². The highest BCUT2D eigenvalue weighted by Gasteiger charge is 2.19. The molecule has 4 N–H and O–H groups in total.